The van der Waals surface area contributed by atoms with Crippen molar-refractivity contribution in [1.29, 1.82) is 0 Å². The van der Waals surface area contributed by atoms with E-state index in [4.69, 9.17) is 4.98 Å². The molecule has 0 atom stereocenters. The molecule has 178 valence electrons. The predicted octanol–water partition coefficient (Wildman–Crippen LogP) is 5.64. The Balaban J connectivity index is 1.41. The van der Waals surface area contributed by atoms with Crippen LogP contribution in [0, 0.1) is 13.8 Å². The summed E-state index contributed by atoms with van der Waals surface area (Å²) in [6, 6.07) is 33.1. The summed E-state index contributed by atoms with van der Waals surface area (Å²) in [4.78, 5) is 14.3. The Labute approximate surface area is 209 Å². The molecule has 0 spiro atoms. The van der Waals surface area contributed by atoms with Crippen LogP contribution in [0.3, 0.4) is 0 Å². The Bertz CT molecular complexity index is 1120. The summed E-state index contributed by atoms with van der Waals surface area (Å²) in [5.41, 5.74) is 5.84. The third-order valence-corrected chi connectivity index (χ3v) is 7.33. The van der Waals surface area contributed by atoms with Gasteiger partial charge in [-0.3, -0.25) is 9.88 Å². The van der Waals surface area contributed by atoms with Gasteiger partial charge in [0, 0.05) is 37.8 Å². The molecular weight excluding hydrogens is 428 g/mol. The van der Waals surface area contributed by atoms with Gasteiger partial charge in [0.2, 0.25) is 0 Å². The first-order valence-corrected chi connectivity index (χ1v) is 12.6. The molecule has 0 aliphatic carbocycles. The highest BCUT2D eigenvalue weighted by Gasteiger charge is 2.36. The van der Waals surface area contributed by atoms with E-state index in [9.17, 15) is 0 Å². The zero-order chi connectivity index (χ0) is 24.1. The maximum atomic E-state index is 4.77. The van der Waals surface area contributed by atoms with Gasteiger partial charge in [-0.25, -0.2) is 4.98 Å². The number of aryl methyl sites for hydroxylation is 2. The van der Waals surface area contributed by atoms with Gasteiger partial charge >= 0.3 is 0 Å². The average Bonchev–Trinajstić information content (AvgIpc) is 2.93. The molecule has 0 N–H and O–H groups in total. The molecule has 1 aromatic heterocycles. The van der Waals surface area contributed by atoms with Crippen molar-refractivity contribution < 1.29 is 0 Å². The topological polar surface area (TPSA) is 32.3 Å². The van der Waals surface area contributed by atoms with Crippen LogP contribution < -0.4 is 4.90 Å². The Hall–Kier alpha value is -3.50. The minimum absolute atomic E-state index is 0.195. The van der Waals surface area contributed by atoms with Crippen molar-refractivity contribution in [2.45, 2.75) is 25.7 Å². The normalized spacial score (nSPS) is 14.7. The summed E-state index contributed by atoms with van der Waals surface area (Å²) in [5, 5.41) is 0. The molecule has 35 heavy (non-hydrogen) atoms. The first-order chi connectivity index (χ1) is 17.2. The highest BCUT2D eigenvalue weighted by atomic mass is 15.3. The molecule has 3 aromatic carbocycles. The smallest absolute Gasteiger partial charge is 0.150 e. The van der Waals surface area contributed by atoms with Gasteiger partial charge in [-0.05, 0) is 43.5 Å². The summed E-state index contributed by atoms with van der Waals surface area (Å²) < 4.78 is 0. The number of anilines is 1. The Morgan fingerprint density at radius 3 is 1.66 bits per heavy atom. The number of nitrogens with zero attached hydrogens (tertiary/aromatic N) is 4. The molecule has 2 heterocycles. The number of benzene rings is 3. The van der Waals surface area contributed by atoms with Crippen LogP contribution in [-0.2, 0) is 5.41 Å². The maximum absolute atomic E-state index is 4.77. The lowest BCUT2D eigenvalue weighted by Crippen LogP contribution is -2.48. The zero-order valence-corrected chi connectivity index (χ0v) is 20.8. The standard InChI is InChI=1S/C31H34N4/c1-25-24-32-26(2)30(33-25)35-22-20-34(21-23-35)19-18-31(27-12-6-3-7-13-27,28-14-8-4-9-15-28)29-16-10-5-11-17-29/h3-17,24H,18-23H2,1-2H3. The van der Waals surface area contributed by atoms with Crippen molar-refractivity contribution in [1.82, 2.24) is 14.9 Å². The largest absolute Gasteiger partial charge is 0.353 e. The highest BCUT2D eigenvalue weighted by molar-refractivity contribution is 5.50. The molecule has 0 saturated carbocycles. The van der Waals surface area contributed by atoms with Crippen LogP contribution in [0.5, 0.6) is 0 Å². The van der Waals surface area contributed by atoms with E-state index in [1.165, 1.54) is 16.7 Å². The van der Waals surface area contributed by atoms with Crippen LogP contribution in [0.2, 0.25) is 0 Å². The van der Waals surface area contributed by atoms with Crippen molar-refractivity contribution in [3.05, 3.63) is 125 Å². The predicted molar refractivity (Wildman–Crippen MR) is 144 cm³/mol. The SMILES string of the molecule is Cc1cnc(C)c(N2CCN(CCC(c3ccccc3)(c3ccccc3)c3ccccc3)CC2)n1. The first-order valence-electron chi connectivity index (χ1n) is 12.6. The lowest BCUT2D eigenvalue weighted by Gasteiger charge is -2.40. The molecule has 1 fully saturated rings. The molecule has 0 radical (unpaired) electrons. The second-order valence-electron chi connectivity index (χ2n) is 9.50. The number of rotatable bonds is 7. The summed E-state index contributed by atoms with van der Waals surface area (Å²) >= 11 is 0. The van der Waals surface area contributed by atoms with E-state index in [2.05, 4.69) is 113 Å². The summed E-state index contributed by atoms with van der Waals surface area (Å²) in [6.45, 7) is 9.13. The minimum Gasteiger partial charge on any atom is -0.353 e. The van der Waals surface area contributed by atoms with Crippen LogP contribution in [0.25, 0.3) is 0 Å². The lowest BCUT2D eigenvalue weighted by molar-refractivity contribution is 0.241. The first kappa shape index (κ1) is 23.3. The summed E-state index contributed by atoms with van der Waals surface area (Å²) in [7, 11) is 0. The zero-order valence-electron chi connectivity index (χ0n) is 20.8. The van der Waals surface area contributed by atoms with Gasteiger partial charge in [-0.1, -0.05) is 91.0 Å². The molecule has 5 rings (SSSR count). The fourth-order valence-electron chi connectivity index (χ4n) is 5.43. The molecule has 0 unspecified atom stereocenters. The number of hydrogen-bond acceptors (Lipinski definition) is 4. The third kappa shape index (κ3) is 4.85. The fourth-order valence-corrected chi connectivity index (χ4v) is 5.43. The molecular formula is C31H34N4. The lowest BCUT2D eigenvalue weighted by atomic mass is 9.67. The van der Waals surface area contributed by atoms with Gasteiger partial charge in [-0.15, -0.1) is 0 Å². The van der Waals surface area contributed by atoms with Crippen molar-refractivity contribution in [2.75, 3.05) is 37.6 Å². The minimum atomic E-state index is -0.195. The van der Waals surface area contributed by atoms with Crippen LogP contribution in [0.1, 0.15) is 34.5 Å². The number of piperazine rings is 1. The van der Waals surface area contributed by atoms with E-state index in [-0.39, 0.29) is 5.41 Å². The van der Waals surface area contributed by atoms with Crippen LogP contribution in [-0.4, -0.2) is 47.6 Å². The number of aromatic nitrogens is 2. The number of hydrogen-bond donors (Lipinski definition) is 0. The molecule has 4 aromatic rings. The second-order valence-corrected chi connectivity index (χ2v) is 9.50. The van der Waals surface area contributed by atoms with Gasteiger partial charge in [0.25, 0.3) is 0 Å². The van der Waals surface area contributed by atoms with Gasteiger partial charge in [-0.2, -0.15) is 0 Å². The maximum Gasteiger partial charge on any atom is 0.150 e. The highest BCUT2D eigenvalue weighted by Crippen LogP contribution is 2.42. The molecule has 1 saturated heterocycles. The van der Waals surface area contributed by atoms with Crippen LogP contribution in [0.15, 0.2) is 97.2 Å². The van der Waals surface area contributed by atoms with Crippen molar-refractivity contribution >= 4 is 5.82 Å². The molecule has 0 bridgehead atoms. The quantitative estimate of drug-likeness (QED) is 0.333. The van der Waals surface area contributed by atoms with Gasteiger partial charge in [0.1, 0.15) is 5.82 Å². The van der Waals surface area contributed by atoms with Gasteiger partial charge in [0.05, 0.1) is 11.4 Å². The molecule has 1 aliphatic heterocycles. The molecule has 4 nitrogen and oxygen atoms in total. The van der Waals surface area contributed by atoms with E-state index in [1.807, 2.05) is 13.1 Å². The Morgan fingerprint density at radius 1 is 0.686 bits per heavy atom. The fraction of sp³-hybridized carbons (Fsp3) is 0.290. The van der Waals surface area contributed by atoms with Crippen molar-refractivity contribution in [3.8, 4) is 0 Å². The Morgan fingerprint density at radius 2 is 1.17 bits per heavy atom. The van der Waals surface area contributed by atoms with E-state index < -0.39 is 0 Å². The van der Waals surface area contributed by atoms with E-state index in [0.717, 1.165) is 56.4 Å². The second kappa shape index (κ2) is 10.4. The van der Waals surface area contributed by atoms with E-state index in [0.29, 0.717) is 0 Å². The van der Waals surface area contributed by atoms with Crippen molar-refractivity contribution in [2.24, 2.45) is 0 Å². The van der Waals surface area contributed by atoms with E-state index >= 15 is 0 Å². The molecule has 0 amide bonds. The molecule has 1 aliphatic rings. The third-order valence-electron chi connectivity index (χ3n) is 7.33. The van der Waals surface area contributed by atoms with Crippen LogP contribution in [0.4, 0.5) is 5.82 Å². The summed E-state index contributed by atoms with van der Waals surface area (Å²) in [5.74, 6) is 1.04. The monoisotopic (exact) mass is 462 g/mol. The molecule has 4 heteroatoms. The van der Waals surface area contributed by atoms with Gasteiger partial charge < -0.3 is 4.90 Å². The van der Waals surface area contributed by atoms with Gasteiger partial charge in [0.15, 0.2) is 0 Å². The Kier molecular flexibility index (Phi) is 6.91. The van der Waals surface area contributed by atoms with Crippen LogP contribution >= 0.6 is 0 Å². The van der Waals surface area contributed by atoms with E-state index in [1.54, 1.807) is 0 Å². The van der Waals surface area contributed by atoms with Crippen molar-refractivity contribution in [3.63, 3.8) is 0 Å². The average molecular weight is 463 g/mol. The summed E-state index contributed by atoms with van der Waals surface area (Å²) in [6.07, 6.45) is 2.87.